The summed E-state index contributed by atoms with van der Waals surface area (Å²) in [6.45, 7) is 1.74. The zero-order valence-electron chi connectivity index (χ0n) is 16.4. The Morgan fingerprint density at radius 3 is 2.47 bits per heavy atom. The maximum atomic E-state index is 12.5. The van der Waals surface area contributed by atoms with Crippen LogP contribution in [-0.4, -0.2) is 23.5 Å². The molecule has 30 heavy (non-hydrogen) atoms. The minimum Gasteiger partial charge on any atom is -0.495 e. The summed E-state index contributed by atoms with van der Waals surface area (Å²) in [5.74, 6) is -0.202. The normalized spacial score (nSPS) is 10.4. The summed E-state index contributed by atoms with van der Waals surface area (Å²) in [6.07, 6.45) is 1.62. The molecule has 0 spiro atoms. The molecule has 154 valence electrons. The molecule has 0 aliphatic carbocycles. The lowest BCUT2D eigenvalue weighted by atomic mass is 10.2. The lowest BCUT2D eigenvalue weighted by Crippen LogP contribution is -2.26. The first-order chi connectivity index (χ1) is 14.4. The van der Waals surface area contributed by atoms with Gasteiger partial charge in [-0.25, -0.2) is 0 Å². The minimum absolute atomic E-state index is 0.0999. The zero-order valence-corrected chi connectivity index (χ0v) is 17.2. The van der Waals surface area contributed by atoms with E-state index in [0.717, 1.165) is 5.56 Å². The number of pyridine rings is 1. The summed E-state index contributed by atoms with van der Waals surface area (Å²) in [4.78, 5) is 36.6. The summed E-state index contributed by atoms with van der Waals surface area (Å²) >= 11 is 5.98. The fourth-order valence-electron chi connectivity index (χ4n) is 2.81. The molecule has 0 bridgehead atoms. The van der Waals surface area contributed by atoms with Crippen molar-refractivity contribution in [1.29, 1.82) is 0 Å². The highest BCUT2D eigenvalue weighted by molar-refractivity contribution is 6.31. The van der Waals surface area contributed by atoms with Crippen LogP contribution < -0.4 is 20.9 Å². The Labute approximate surface area is 178 Å². The number of nitrogens with one attached hydrogen (secondary N) is 2. The predicted molar refractivity (Wildman–Crippen MR) is 116 cm³/mol. The average molecular weight is 426 g/mol. The number of ether oxygens (including phenoxy) is 1. The molecule has 2 aromatic carbocycles. The number of anilines is 2. The second-order valence-electron chi connectivity index (χ2n) is 6.60. The van der Waals surface area contributed by atoms with Crippen molar-refractivity contribution in [3.8, 4) is 5.75 Å². The number of halogens is 1. The van der Waals surface area contributed by atoms with Crippen LogP contribution in [0.25, 0.3) is 0 Å². The van der Waals surface area contributed by atoms with Gasteiger partial charge in [-0.2, -0.15) is 0 Å². The minimum atomic E-state index is -0.347. The van der Waals surface area contributed by atoms with Gasteiger partial charge in [0.15, 0.2) is 0 Å². The molecule has 2 N–H and O–H groups in total. The second kappa shape index (κ2) is 9.28. The number of benzene rings is 2. The molecule has 3 aromatic rings. The number of hydrogen-bond acceptors (Lipinski definition) is 4. The van der Waals surface area contributed by atoms with E-state index in [9.17, 15) is 14.4 Å². The summed E-state index contributed by atoms with van der Waals surface area (Å²) in [6, 6.07) is 14.4. The maximum Gasteiger partial charge on any atom is 0.255 e. The fraction of sp³-hybridized carbons (Fsp3) is 0.136. The van der Waals surface area contributed by atoms with E-state index in [1.807, 2.05) is 6.92 Å². The zero-order chi connectivity index (χ0) is 21.7. The molecular weight excluding hydrogens is 406 g/mol. The Hall–Kier alpha value is -3.58. The number of nitrogens with zero attached hydrogens (tertiary/aromatic N) is 1. The van der Waals surface area contributed by atoms with Gasteiger partial charge in [-0.05, 0) is 55.0 Å². The molecule has 0 saturated carbocycles. The second-order valence-corrected chi connectivity index (χ2v) is 7.03. The molecule has 2 amide bonds. The quantitative estimate of drug-likeness (QED) is 0.630. The van der Waals surface area contributed by atoms with E-state index in [1.54, 1.807) is 54.7 Å². The summed E-state index contributed by atoms with van der Waals surface area (Å²) < 4.78 is 6.56. The van der Waals surface area contributed by atoms with E-state index in [4.69, 9.17) is 16.3 Å². The van der Waals surface area contributed by atoms with Crippen LogP contribution in [0.3, 0.4) is 0 Å². The molecule has 0 unspecified atom stereocenters. The summed E-state index contributed by atoms with van der Waals surface area (Å²) in [5, 5.41) is 5.93. The molecule has 0 radical (unpaired) electrons. The van der Waals surface area contributed by atoms with Crippen LogP contribution in [-0.2, 0) is 11.3 Å². The van der Waals surface area contributed by atoms with Crippen molar-refractivity contribution in [2.75, 3.05) is 17.7 Å². The molecule has 1 aromatic heterocycles. The molecule has 0 atom stereocenters. The third kappa shape index (κ3) is 5.27. The Kier molecular flexibility index (Phi) is 6.54. The number of rotatable bonds is 6. The number of hydrogen-bond donors (Lipinski definition) is 2. The Balaban J connectivity index is 1.65. The van der Waals surface area contributed by atoms with Crippen LogP contribution in [0.1, 0.15) is 15.9 Å². The van der Waals surface area contributed by atoms with Crippen molar-refractivity contribution < 1.29 is 14.3 Å². The van der Waals surface area contributed by atoms with Gasteiger partial charge >= 0.3 is 0 Å². The molecular formula is C22H20ClN3O4. The van der Waals surface area contributed by atoms with Gasteiger partial charge in [0, 0.05) is 28.5 Å². The number of aromatic nitrogens is 1. The SMILES string of the molecule is COc1ccc(Cl)cc1NC(=O)c1ccc(NC(=O)Cn2cc(C)ccc2=O)cc1. The first-order valence-electron chi connectivity index (χ1n) is 9.07. The molecule has 7 nitrogen and oxygen atoms in total. The number of aryl methyl sites for hydroxylation is 1. The van der Waals surface area contributed by atoms with Crippen LogP contribution in [0, 0.1) is 6.92 Å². The molecule has 0 aliphatic heterocycles. The van der Waals surface area contributed by atoms with Crippen molar-refractivity contribution in [3.63, 3.8) is 0 Å². The first-order valence-corrected chi connectivity index (χ1v) is 9.45. The van der Waals surface area contributed by atoms with Gasteiger partial charge in [-0.15, -0.1) is 0 Å². The Morgan fingerprint density at radius 1 is 1.03 bits per heavy atom. The standard InChI is InChI=1S/C22H20ClN3O4/c1-14-3-10-21(28)26(12-14)13-20(27)24-17-7-4-15(5-8-17)22(29)25-18-11-16(23)6-9-19(18)30-2/h3-12H,13H2,1-2H3,(H,24,27)(H,25,29). The van der Waals surface area contributed by atoms with E-state index in [1.165, 1.54) is 17.7 Å². The van der Waals surface area contributed by atoms with E-state index in [0.29, 0.717) is 27.7 Å². The predicted octanol–water partition coefficient (Wildman–Crippen LogP) is 3.71. The lowest BCUT2D eigenvalue weighted by molar-refractivity contribution is -0.116. The van der Waals surface area contributed by atoms with Gasteiger partial charge in [0.25, 0.3) is 11.5 Å². The molecule has 3 rings (SSSR count). The topological polar surface area (TPSA) is 89.4 Å². The highest BCUT2D eigenvalue weighted by Crippen LogP contribution is 2.28. The summed E-state index contributed by atoms with van der Waals surface area (Å²) in [5.41, 5.74) is 1.99. The van der Waals surface area contributed by atoms with Crippen molar-refractivity contribution in [2.24, 2.45) is 0 Å². The van der Waals surface area contributed by atoms with Gasteiger partial charge in [0.05, 0.1) is 12.8 Å². The highest BCUT2D eigenvalue weighted by atomic mass is 35.5. The number of amides is 2. The number of carbonyl (C=O) groups is 2. The van der Waals surface area contributed by atoms with E-state index >= 15 is 0 Å². The van der Waals surface area contributed by atoms with E-state index in [2.05, 4.69) is 10.6 Å². The molecule has 0 aliphatic rings. The van der Waals surface area contributed by atoms with Crippen LogP contribution in [0.2, 0.25) is 5.02 Å². The third-order valence-corrected chi connectivity index (χ3v) is 4.52. The van der Waals surface area contributed by atoms with Crippen LogP contribution >= 0.6 is 11.6 Å². The van der Waals surface area contributed by atoms with Gasteiger partial charge < -0.3 is 19.9 Å². The van der Waals surface area contributed by atoms with Gasteiger partial charge in [0.2, 0.25) is 5.91 Å². The third-order valence-electron chi connectivity index (χ3n) is 4.29. The fourth-order valence-corrected chi connectivity index (χ4v) is 2.98. The van der Waals surface area contributed by atoms with Gasteiger partial charge in [-0.1, -0.05) is 17.7 Å². The van der Waals surface area contributed by atoms with Crippen molar-refractivity contribution in [1.82, 2.24) is 4.57 Å². The monoisotopic (exact) mass is 425 g/mol. The van der Waals surface area contributed by atoms with Gasteiger partial charge in [-0.3, -0.25) is 14.4 Å². The van der Waals surface area contributed by atoms with Crippen molar-refractivity contribution >= 4 is 34.8 Å². The molecule has 1 heterocycles. The Morgan fingerprint density at radius 2 is 1.77 bits per heavy atom. The maximum absolute atomic E-state index is 12.5. The molecule has 0 fully saturated rings. The van der Waals surface area contributed by atoms with E-state index in [-0.39, 0.29) is 23.9 Å². The first kappa shape index (κ1) is 21.1. The average Bonchev–Trinajstić information content (AvgIpc) is 2.71. The van der Waals surface area contributed by atoms with Gasteiger partial charge in [0.1, 0.15) is 12.3 Å². The lowest BCUT2D eigenvalue weighted by Gasteiger charge is -2.11. The molecule has 8 heteroatoms. The smallest absolute Gasteiger partial charge is 0.255 e. The number of carbonyl (C=O) groups excluding carboxylic acids is 2. The highest BCUT2D eigenvalue weighted by Gasteiger charge is 2.11. The van der Waals surface area contributed by atoms with E-state index < -0.39 is 0 Å². The summed E-state index contributed by atoms with van der Waals surface area (Å²) in [7, 11) is 1.50. The van der Waals surface area contributed by atoms with Crippen molar-refractivity contribution in [3.05, 3.63) is 87.3 Å². The molecule has 0 saturated heterocycles. The number of methoxy groups -OCH3 is 1. The largest absolute Gasteiger partial charge is 0.495 e. The van der Waals surface area contributed by atoms with Crippen molar-refractivity contribution in [2.45, 2.75) is 13.5 Å². The van der Waals surface area contributed by atoms with Crippen LogP contribution in [0.4, 0.5) is 11.4 Å². The van der Waals surface area contributed by atoms with Crippen LogP contribution in [0.5, 0.6) is 5.75 Å². The van der Waals surface area contributed by atoms with Crippen LogP contribution in [0.15, 0.2) is 65.6 Å². The Bertz CT molecular complexity index is 1140.